The van der Waals surface area contributed by atoms with Gasteiger partial charge < -0.3 is 4.74 Å². The predicted molar refractivity (Wildman–Crippen MR) is 122 cm³/mol. The minimum absolute atomic E-state index is 0.165. The molecule has 0 aliphatic carbocycles. The number of benzene rings is 2. The van der Waals surface area contributed by atoms with Gasteiger partial charge in [-0.05, 0) is 30.5 Å². The highest BCUT2D eigenvalue weighted by Gasteiger charge is 2.14. The molecule has 1 amide bonds. The lowest BCUT2D eigenvalue weighted by atomic mass is 10.1. The first-order valence-electron chi connectivity index (χ1n) is 9.28. The second kappa shape index (κ2) is 12.0. The summed E-state index contributed by atoms with van der Waals surface area (Å²) in [5.74, 6) is 1.60. The zero-order chi connectivity index (χ0) is 20.3. The van der Waals surface area contributed by atoms with Gasteiger partial charge >= 0.3 is 0 Å². The van der Waals surface area contributed by atoms with E-state index in [4.69, 9.17) is 4.74 Å². The molecule has 29 heavy (non-hydrogen) atoms. The van der Waals surface area contributed by atoms with Crippen molar-refractivity contribution in [3.63, 3.8) is 0 Å². The quantitative estimate of drug-likeness (QED) is 0.247. The van der Waals surface area contributed by atoms with Crippen LogP contribution in [-0.2, 0) is 11.2 Å². The van der Waals surface area contributed by atoms with E-state index in [9.17, 15) is 4.79 Å². The Kier molecular flexibility index (Phi) is 9.01. The zero-order valence-corrected chi connectivity index (χ0v) is 18.6. The number of aryl methyl sites for hydroxylation is 1. The van der Waals surface area contributed by atoms with Crippen LogP contribution in [0, 0.1) is 0 Å². The number of hydrogen-bond acceptors (Lipinski definition) is 7. The number of hydrogen-bond donors (Lipinski definition) is 1. The first kappa shape index (κ1) is 21.8. The molecule has 1 aromatic heterocycles. The number of methoxy groups -OCH3 is 1. The molecule has 0 spiro atoms. The standard InChI is InChI=1S/C21H23N3O2S3/c1-26-13-15-27-18-12-6-5-11-17(18)19(25)22-20-23-24-21(29-20)28-14-7-10-16-8-3-2-4-9-16/h2-6,8-9,11-12H,7,10,13-15H2,1H3,(H,22,23,25). The van der Waals surface area contributed by atoms with E-state index in [-0.39, 0.29) is 5.91 Å². The van der Waals surface area contributed by atoms with Crippen LogP contribution in [0.5, 0.6) is 0 Å². The number of aromatic nitrogens is 2. The lowest BCUT2D eigenvalue weighted by Crippen LogP contribution is -2.13. The van der Waals surface area contributed by atoms with Crippen LogP contribution in [0.1, 0.15) is 22.3 Å². The van der Waals surface area contributed by atoms with Crippen LogP contribution < -0.4 is 5.32 Å². The number of rotatable bonds is 11. The van der Waals surface area contributed by atoms with E-state index in [0.29, 0.717) is 17.3 Å². The lowest BCUT2D eigenvalue weighted by Gasteiger charge is -2.08. The molecular weight excluding hydrogens is 422 g/mol. The third kappa shape index (κ3) is 7.15. The SMILES string of the molecule is COCCSc1ccccc1C(=O)Nc1nnc(SCCCc2ccccc2)s1. The molecule has 0 fully saturated rings. The fraction of sp³-hybridized carbons (Fsp3) is 0.286. The lowest BCUT2D eigenvalue weighted by molar-refractivity contribution is 0.102. The highest BCUT2D eigenvalue weighted by atomic mass is 32.2. The van der Waals surface area contributed by atoms with Gasteiger partial charge in [-0.15, -0.1) is 22.0 Å². The summed E-state index contributed by atoms with van der Waals surface area (Å²) in [6, 6.07) is 18.0. The van der Waals surface area contributed by atoms with Crippen molar-refractivity contribution in [3.05, 3.63) is 65.7 Å². The average Bonchev–Trinajstić information content (AvgIpc) is 3.19. The topological polar surface area (TPSA) is 64.1 Å². The molecular formula is C21H23N3O2S3. The summed E-state index contributed by atoms with van der Waals surface area (Å²) in [7, 11) is 1.67. The van der Waals surface area contributed by atoms with Crippen molar-refractivity contribution in [1.82, 2.24) is 10.2 Å². The minimum Gasteiger partial charge on any atom is -0.384 e. The number of nitrogens with one attached hydrogen (secondary N) is 1. The van der Waals surface area contributed by atoms with E-state index >= 15 is 0 Å². The number of anilines is 1. The van der Waals surface area contributed by atoms with Gasteiger partial charge in [0.05, 0.1) is 12.2 Å². The maximum atomic E-state index is 12.7. The van der Waals surface area contributed by atoms with Gasteiger partial charge in [-0.1, -0.05) is 65.6 Å². The van der Waals surface area contributed by atoms with Crippen LogP contribution in [0.4, 0.5) is 5.13 Å². The zero-order valence-electron chi connectivity index (χ0n) is 16.2. The van der Waals surface area contributed by atoms with Gasteiger partial charge in [0.1, 0.15) is 0 Å². The molecule has 0 aliphatic heterocycles. The number of carbonyl (C=O) groups excluding carboxylic acids is 1. The van der Waals surface area contributed by atoms with Crippen LogP contribution >= 0.6 is 34.9 Å². The summed E-state index contributed by atoms with van der Waals surface area (Å²) in [5, 5.41) is 11.7. The summed E-state index contributed by atoms with van der Waals surface area (Å²) in [4.78, 5) is 13.6. The molecule has 0 saturated heterocycles. The Hall–Kier alpha value is -1.87. The Balaban J connectivity index is 1.49. The number of thioether (sulfide) groups is 2. The van der Waals surface area contributed by atoms with Crippen LogP contribution in [0.25, 0.3) is 0 Å². The molecule has 0 unspecified atom stereocenters. The molecule has 0 bridgehead atoms. The fourth-order valence-corrected chi connectivity index (χ4v) is 5.30. The van der Waals surface area contributed by atoms with Gasteiger partial charge in [0.15, 0.2) is 4.34 Å². The van der Waals surface area contributed by atoms with Crippen molar-refractivity contribution in [2.75, 3.05) is 30.5 Å². The molecule has 1 heterocycles. The van der Waals surface area contributed by atoms with Crippen molar-refractivity contribution < 1.29 is 9.53 Å². The van der Waals surface area contributed by atoms with Crippen molar-refractivity contribution >= 4 is 45.9 Å². The van der Waals surface area contributed by atoms with Gasteiger partial charge in [0.25, 0.3) is 5.91 Å². The van der Waals surface area contributed by atoms with Crippen LogP contribution in [0.15, 0.2) is 63.8 Å². The Morgan fingerprint density at radius 2 is 1.83 bits per heavy atom. The van der Waals surface area contributed by atoms with Crippen molar-refractivity contribution in [2.45, 2.75) is 22.1 Å². The maximum Gasteiger partial charge on any atom is 0.258 e. The largest absolute Gasteiger partial charge is 0.384 e. The molecule has 3 aromatic rings. The van der Waals surface area contributed by atoms with E-state index < -0.39 is 0 Å². The molecule has 0 aliphatic rings. The van der Waals surface area contributed by atoms with Gasteiger partial charge in [0, 0.05) is 23.5 Å². The molecule has 0 atom stereocenters. The molecule has 8 heteroatoms. The Morgan fingerprint density at radius 3 is 2.66 bits per heavy atom. The van der Waals surface area contributed by atoms with Gasteiger partial charge in [-0.3, -0.25) is 10.1 Å². The predicted octanol–water partition coefficient (Wildman–Crippen LogP) is 5.25. The average molecular weight is 446 g/mol. The summed E-state index contributed by atoms with van der Waals surface area (Å²) < 4.78 is 5.96. The minimum atomic E-state index is -0.165. The van der Waals surface area contributed by atoms with Crippen LogP contribution in [0.2, 0.25) is 0 Å². The molecule has 0 saturated carbocycles. The highest BCUT2D eigenvalue weighted by molar-refractivity contribution is 8.01. The summed E-state index contributed by atoms with van der Waals surface area (Å²) in [6.07, 6.45) is 2.12. The third-order valence-electron chi connectivity index (χ3n) is 3.98. The molecule has 152 valence electrons. The smallest absolute Gasteiger partial charge is 0.258 e. The number of amides is 1. The van der Waals surface area contributed by atoms with E-state index in [1.54, 1.807) is 30.6 Å². The van der Waals surface area contributed by atoms with Crippen molar-refractivity contribution in [3.8, 4) is 0 Å². The summed E-state index contributed by atoms with van der Waals surface area (Å²) >= 11 is 4.69. The highest BCUT2D eigenvalue weighted by Crippen LogP contribution is 2.28. The second-order valence-electron chi connectivity index (χ2n) is 6.10. The fourth-order valence-electron chi connectivity index (χ4n) is 2.58. The van der Waals surface area contributed by atoms with Crippen LogP contribution in [-0.4, -0.2) is 41.3 Å². The Morgan fingerprint density at radius 1 is 1.03 bits per heavy atom. The van der Waals surface area contributed by atoms with E-state index in [1.807, 2.05) is 30.3 Å². The van der Waals surface area contributed by atoms with E-state index in [1.165, 1.54) is 16.9 Å². The van der Waals surface area contributed by atoms with Gasteiger partial charge in [-0.2, -0.15) is 0 Å². The van der Waals surface area contributed by atoms with Crippen molar-refractivity contribution in [2.24, 2.45) is 0 Å². The number of ether oxygens (including phenoxy) is 1. The second-order valence-corrected chi connectivity index (χ2v) is 9.56. The maximum absolute atomic E-state index is 12.7. The number of nitrogens with zero attached hydrogens (tertiary/aromatic N) is 2. The van der Waals surface area contributed by atoms with E-state index in [0.717, 1.165) is 33.6 Å². The van der Waals surface area contributed by atoms with Gasteiger partial charge in [-0.25, -0.2) is 0 Å². The van der Waals surface area contributed by atoms with Crippen LogP contribution in [0.3, 0.4) is 0 Å². The summed E-state index contributed by atoms with van der Waals surface area (Å²) in [5.41, 5.74) is 1.99. The Bertz CT molecular complexity index is 903. The Labute approximate surface area is 183 Å². The summed E-state index contributed by atoms with van der Waals surface area (Å²) in [6.45, 7) is 0.641. The number of carbonyl (C=O) groups is 1. The molecule has 2 aromatic carbocycles. The molecule has 5 nitrogen and oxygen atoms in total. The van der Waals surface area contributed by atoms with Crippen molar-refractivity contribution in [1.29, 1.82) is 0 Å². The van der Waals surface area contributed by atoms with E-state index in [2.05, 4.69) is 39.8 Å². The molecule has 3 rings (SSSR count). The normalized spacial score (nSPS) is 10.8. The first-order chi connectivity index (χ1) is 14.3. The van der Waals surface area contributed by atoms with Gasteiger partial charge in [0.2, 0.25) is 5.13 Å². The first-order valence-corrected chi connectivity index (χ1v) is 12.1. The third-order valence-corrected chi connectivity index (χ3v) is 7.08. The molecule has 1 N–H and O–H groups in total. The molecule has 0 radical (unpaired) electrons. The monoisotopic (exact) mass is 445 g/mol.